The zero-order valence-corrected chi connectivity index (χ0v) is 15.9. The van der Waals surface area contributed by atoms with E-state index in [1.165, 1.54) is 19.2 Å². The number of hydrogen-bond donors (Lipinski definition) is 2. The van der Waals surface area contributed by atoms with E-state index in [2.05, 4.69) is 20.4 Å². The standard InChI is InChI=1S/C19H30FN3O3/c1-4-16(26-17-10-8-9-15(20)13-17)14-23-19(21-5-2)22-12-7-6-11-18(24)25-3/h8-10,13,16H,4-7,11-12,14H2,1-3H3,(H2,21,22,23). The summed E-state index contributed by atoms with van der Waals surface area (Å²) in [6.07, 6.45) is 2.66. The van der Waals surface area contributed by atoms with Crippen molar-refractivity contribution in [1.82, 2.24) is 10.6 Å². The monoisotopic (exact) mass is 367 g/mol. The third-order valence-corrected chi connectivity index (χ3v) is 3.68. The minimum Gasteiger partial charge on any atom is -0.488 e. The molecule has 6 nitrogen and oxygen atoms in total. The summed E-state index contributed by atoms with van der Waals surface area (Å²) in [6.45, 7) is 5.92. The van der Waals surface area contributed by atoms with Gasteiger partial charge in [-0.15, -0.1) is 0 Å². The van der Waals surface area contributed by atoms with Crippen LogP contribution in [0.2, 0.25) is 0 Å². The highest BCUT2D eigenvalue weighted by Crippen LogP contribution is 2.15. The van der Waals surface area contributed by atoms with Crippen LogP contribution in [-0.2, 0) is 9.53 Å². The second-order valence-electron chi connectivity index (χ2n) is 5.79. The lowest BCUT2D eigenvalue weighted by Gasteiger charge is -2.17. The smallest absolute Gasteiger partial charge is 0.305 e. The normalized spacial score (nSPS) is 12.4. The van der Waals surface area contributed by atoms with Crippen LogP contribution in [0.3, 0.4) is 0 Å². The number of nitrogens with one attached hydrogen (secondary N) is 2. The number of guanidine groups is 1. The highest BCUT2D eigenvalue weighted by Gasteiger charge is 2.09. The van der Waals surface area contributed by atoms with Crippen molar-refractivity contribution in [3.63, 3.8) is 0 Å². The van der Waals surface area contributed by atoms with Crippen molar-refractivity contribution in [2.24, 2.45) is 4.99 Å². The molecule has 26 heavy (non-hydrogen) atoms. The number of halogens is 1. The molecule has 0 fully saturated rings. The Labute approximate surface area is 155 Å². The zero-order chi connectivity index (χ0) is 19.2. The van der Waals surface area contributed by atoms with Crippen LogP contribution < -0.4 is 15.4 Å². The highest BCUT2D eigenvalue weighted by atomic mass is 19.1. The molecule has 0 amide bonds. The van der Waals surface area contributed by atoms with E-state index in [9.17, 15) is 9.18 Å². The molecule has 0 heterocycles. The second kappa shape index (κ2) is 13.0. The molecule has 0 bridgehead atoms. The van der Waals surface area contributed by atoms with Gasteiger partial charge in [0.15, 0.2) is 5.96 Å². The molecular weight excluding hydrogens is 337 g/mol. The summed E-state index contributed by atoms with van der Waals surface area (Å²) in [6, 6.07) is 6.12. The van der Waals surface area contributed by atoms with Crippen molar-refractivity contribution in [3.05, 3.63) is 30.1 Å². The maximum absolute atomic E-state index is 13.3. The fourth-order valence-electron chi connectivity index (χ4n) is 2.22. The quantitative estimate of drug-likeness (QED) is 0.272. The lowest BCUT2D eigenvalue weighted by Crippen LogP contribution is -2.38. The zero-order valence-electron chi connectivity index (χ0n) is 15.9. The first kappa shape index (κ1) is 21.7. The van der Waals surface area contributed by atoms with Crippen molar-refractivity contribution in [2.75, 3.05) is 26.7 Å². The van der Waals surface area contributed by atoms with Crippen LogP contribution in [0.25, 0.3) is 0 Å². The summed E-state index contributed by atoms with van der Waals surface area (Å²) in [7, 11) is 1.40. The third-order valence-electron chi connectivity index (χ3n) is 3.68. The second-order valence-corrected chi connectivity index (χ2v) is 5.79. The summed E-state index contributed by atoms with van der Waals surface area (Å²) in [5.74, 6) is 0.702. The Hall–Kier alpha value is -2.31. The molecule has 0 radical (unpaired) electrons. The molecule has 0 saturated heterocycles. The molecule has 146 valence electrons. The molecule has 0 aliphatic heterocycles. The van der Waals surface area contributed by atoms with E-state index in [1.54, 1.807) is 12.1 Å². The Bertz CT molecular complexity index is 567. The van der Waals surface area contributed by atoms with Gasteiger partial charge in [0.2, 0.25) is 0 Å². The fraction of sp³-hybridized carbons (Fsp3) is 0.579. The highest BCUT2D eigenvalue weighted by molar-refractivity contribution is 5.79. The molecule has 1 aromatic carbocycles. The molecule has 1 atom stereocenters. The maximum Gasteiger partial charge on any atom is 0.305 e. The molecule has 0 aliphatic carbocycles. The van der Waals surface area contributed by atoms with E-state index >= 15 is 0 Å². The van der Waals surface area contributed by atoms with Gasteiger partial charge in [-0.3, -0.25) is 4.79 Å². The Morgan fingerprint density at radius 2 is 2.08 bits per heavy atom. The molecule has 1 rings (SSSR count). The van der Waals surface area contributed by atoms with Crippen molar-refractivity contribution in [2.45, 2.75) is 45.6 Å². The van der Waals surface area contributed by atoms with Crippen LogP contribution >= 0.6 is 0 Å². The Morgan fingerprint density at radius 3 is 2.73 bits per heavy atom. The molecule has 1 unspecified atom stereocenters. The maximum atomic E-state index is 13.3. The van der Waals surface area contributed by atoms with Crippen LogP contribution in [0.15, 0.2) is 29.3 Å². The van der Waals surface area contributed by atoms with Crippen LogP contribution in [0.1, 0.15) is 39.5 Å². The molecular formula is C19H30FN3O3. The number of hydrogen-bond acceptors (Lipinski definition) is 4. The first-order valence-electron chi connectivity index (χ1n) is 9.10. The average molecular weight is 367 g/mol. The predicted octanol–water partition coefficient (Wildman–Crippen LogP) is 2.88. The minimum absolute atomic E-state index is 0.133. The SMILES string of the molecule is CCNC(=NCC(CC)Oc1cccc(F)c1)NCCCCC(=O)OC. The molecule has 0 spiro atoms. The minimum atomic E-state index is -0.317. The van der Waals surface area contributed by atoms with Gasteiger partial charge in [0, 0.05) is 25.6 Å². The first-order valence-corrected chi connectivity index (χ1v) is 9.10. The number of aliphatic imine (C=N–C) groups is 1. The molecule has 0 aliphatic rings. The van der Waals surface area contributed by atoms with Gasteiger partial charge < -0.3 is 20.1 Å². The number of carbonyl (C=O) groups excluding carboxylic acids is 1. The number of methoxy groups -OCH3 is 1. The molecule has 1 aromatic rings. The Morgan fingerprint density at radius 1 is 1.27 bits per heavy atom. The summed E-state index contributed by atoms with van der Waals surface area (Å²) in [5, 5.41) is 6.41. The summed E-state index contributed by atoms with van der Waals surface area (Å²) < 4.78 is 23.7. The number of benzene rings is 1. The summed E-state index contributed by atoms with van der Waals surface area (Å²) in [5.41, 5.74) is 0. The van der Waals surface area contributed by atoms with Gasteiger partial charge >= 0.3 is 5.97 Å². The first-order chi connectivity index (χ1) is 12.6. The van der Waals surface area contributed by atoms with Gasteiger partial charge in [0.1, 0.15) is 17.7 Å². The topological polar surface area (TPSA) is 72.0 Å². The van der Waals surface area contributed by atoms with Crippen LogP contribution in [-0.4, -0.2) is 44.8 Å². The molecule has 0 aromatic heterocycles. The fourth-order valence-corrected chi connectivity index (χ4v) is 2.22. The number of carbonyl (C=O) groups is 1. The van der Waals surface area contributed by atoms with Gasteiger partial charge in [-0.2, -0.15) is 0 Å². The average Bonchev–Trinajstić information content (AvgIpc) is 2.64. The summed E-state index contributed by atoms with van der Waals surface area (Å²) >= 11 is 0. The van der Waals surface area contributed by atoms with E-state index in [1.807, 2.05) is 13.8 Å². The Kier molecular flexibility index (Phi) is 10.8. The van der Waals surface area contributed by atoms with Crippen LogP contribution in [0.5, 0.6) is 5.75 Å². The van der Waals surface area contributed by atoms with E-state index in [4.69, 9.17) is 4.74 Å². The molecule has 2 N–H and O–H groups in total. The van der Waals surface area contributed by atoms with Gasteiger partial charge in [-0.05, 0) is 38.3 Å². The third kappa shape index (κ3) is 9.25. The van der Waals surface area contributed by atoms with E-state index < -0.39 is 0 Å². The van der Waals surface area contributed by atoms with Crippen LogP contribution in [0.4, 0.5) is 4.39 Å². The van der Waals surface area contributed by atoms with E-state index in [0.29, 0.717) is 31.2 Å². The van der Waals surface area contributed by atoms with Crippen molar-refractivity contribution >= 4 is 11.9 Å². The van der Waals surface area contributed by atoms with Gasteiger partial charge in [0.25, 0.3) is 0 Å². The largest absolute Gasteiger partial charge is 0.488 e. The van der Waals surface area contributed by atoms with Crippen molar-refractivity contribution in [1.29, 1.82) is 0 Å². The number of esters is 1. The number of ether oxygens (including phenoxy) is 2. The van der Waals surface area contributed by atoms with Crippen LogP contribution in [0, 0.1) is 5.82 Å². The molecule has 0 saturated carbocycles. The lowest BCUT2D eigenvalue weighted by atomic mass is 10.2. The van der Waals surface area contributed by atoms with E-state index in [0.717, 1.165) is 25.8 Å². The number of rotatable bonds is 11. The van der Waals surface area contributed by atoms with Gasteiger partial charge in [-0.25, -0.2) is 9.38 Å². The van der Waals surface area contributed by atoms with Crippen molar-refractivity contribution < 1.29 is 18.7 Å². The van der Waals surface area contributed by atoms with Gasteiger partial charge in [-0.1, -0.05) is 13.0 Å². The van der Waals surface area contributed by atoms with Crippen molar-refractivity contribution in [3.8, 4) is 5.75 Å². The van der Waals surface area contributed by atoms with Gasteiger partial charge in [0.05, 0.1) is 13.7 Å². The summed E-state index contributed by atoms with van der Waals surface area (Å²) in [4.78, 5) is 15.6. The predicted molar refractivity (Wildman–Crippen MR) is 101 cm³/mol. The van der Waals surface area contributed by atoms with E-state index in [-0.39, 0.29) is 17.9 Å². The molecule has 7 heteroatoms. The lowest BCUT2D eigenvalue weighted by molar-refractivity contribution is -0.140. The Balaban J connectivity index is 2.45. The number of nitrogens with zero attached hydrogens (tertiary/aromatic N) is 1. The number of unbranched alkanes of at least 4 members (excludes halogenated alkanes) is 1.